The number of ether oxygens (including phenoxy) is 1. The number of rotatable bonds is 5. The van der Waals surface area contributed by atoms with Crippen LogP contribution in [0.2, 0.25) is 0 Å². The fourth-order valence-electron chi connectivity index (χ4n) is 1.10. The lowest BCUT2D eigenvalue weighted by Gasteiger charge is -2.03. The highest BCUT2D eigenvalue weighted by Gasteiger charge is 2.14. The Kier molecular flexibility index (Phi) is 3.64. The Morgan fingerprint density at radius 2 is 2.42 bits per heavy atom. The number of cyclic esters (lactones) is 1. The molecule has 1 heterocycles. The Morgan fingerprint density at radius 3 is 3.00 bits per heavy atom. The molecule has 0 unspecified atom stereocenters. The second-order valence-corrected chi connectivity index (χ2v) is 2.85. The van der Waals surface area contributed by atoms with Crippen molar-refractivity contribution in [2.75, 3.05) is 13.2 Å². The molecule has 0 saturated heterocycles. The molecule has 0 aliphatic carbocycles. The van der Waals surface area contributed by atoms with Gasteiger partial charge in [0.1, 0.15) is 12.3 Å². The first-order valence-electron chi connectivity index (χ1n) is 4.45. The zero-order chi connectivity index (χ0) is 8.81. The van der Waals surface area contributed by atoms with Crippen molar-refractivity contribution in [3.63, 3.8) is 0 Å². The molecule has 0 aromatic carbocycles. The summed E-state index contributed by atoms with van der Waals surface area (Å²) in [6, 6.07) is 0. The molecular weight excluding hydrogens is 154 g/mol. The number of unbranched alkanes of at least 4 members (excludes halogenated alkanes) is 2. The molecule has 0 radical (unpaired) electrons. The third-order valence-electron chi connectivity index (χ3n) is 1.82. The first-order valence-corrected chi connectivity index (χ1v) is 4.45. The van der Waals surface area contributed by atoms with Gasteiger partial charge in [0, 0.05) is 6.54 Å². The van der Waals surface area contributed by atoms with Crippen LogP contribution in [0.25, 0.3) is 0 Å². The van der Waals surface area contributed by atoms with Gasteiger partial charge in [-0.2, -0.15) is 0 Å². The topological polar surface area (TPSA) is 38.3 Å². The van der Waals surface area contributed by atoms with Crippen molar-refractivity contribution in [3.8, 4) is 0 Å². The van der Waals surface area contributed by atoms with Gasteiger partial charge < -0.3 is 10.1 Å². The lowest BCUT2D eigenvalue weighted by atomic mass is 10.2. The van der Waals surface area contributed by atoms with Crippen LogP contribution in [0.5, 0.6) is 0 Å². The van der Waals surface area contributed by atoms with Gasteiger partial charge in [-0.3, -0.25) is 0 Å². The molecule has 0 amide bonds. The van der Waals surface area contributed by atoms with Crippen molar-refractivity contribution in [1.29, 1.82) is 0 Å². The van der Waals surface area contributed by atoms with Crippen LogP contribution in [0.4, 0.5) is 0 Å². The molecule has 0 atom stereocenters. The van der Waals surface area contributed by atoms with E-state index < -0.39 is 0 Å². The highest BCUT2D eigenvalue weighted by molar-refractivity contribution is 5.89. The normalized spacial score (nSPS) is 15.8. The number of hydrogen-bond acceptors (Lipinski definition) is 3. The fraction of sp³-hybridized carbons (Fsp3) is 0.667. The molecule has 0 spiro atoms. The van der Waals surface area contributed by atoms with Gasteiger partial charge in [0.15, 0.2) is 0 Å². The summed E-state index contributed by atoms with van der Waals surface area (Å²) in [5.41, 5.74) is 0.631. The molecule has 0 fully saturated rings. The Hall–Kier alpha value is -0.990. The molecule has 1 aliphatic heterocycles. The van der Waals surface area contributed by atoms with Crippen LogP contribution < -0.4 is 5.32 Å². The fourth-order valence-corrected chi connectivity index (χ4v) is 1.10. The zero-order valence-electron chi connectivity index (χ0n) is 7.43. The van der Waals surface area contributed by atoms with Gasteiger partial charge in [0.2, 0.25) is 0 Å². The molecule has 68 valence electrons. The largest absolute Gasteiger partial charge is 0.457 e. The van der Waals surface area contributed by atoms with E-state index in [9.17, 15) is 4.79 Å². The molecule has 1 rings (SSSR count). The first kappa shape index (κ1) is 9.10. The lowest BCUT2D eigenvalue weighted by molar-refractivity contribution is -0.136. The third-order valence-corrected chi connectivity index (χ3v) is 1.82. The minimum atomic E-state index is -0.216. The van der Waals surface area contributed by atoms with Crippen LogP contribution in [0, 0.1) is 0 Å². The number of hydrogen-bond donors (Lipinski definition) is 1. The summed E-state index contributed by atoms with van der Waals surface area (Å²) in [6.07, 6.45) is 5.30. The van der Waals surface area contributed by atoms with E-state index in [0.29, 0.717) is 12.3 Å². The number of carbonyl (C=O) groups excluding carboxylic acids is 1. The van der Waals surface area contributed by atoms with E-state index in [-0.39, 0.29) is 5.97 Å². The van der Waals surface area contributed by atoms with Crippen LogP contribution in [0.15, 0.2) is 11.8 Å². The van der Waals surface area contributed by atoms with E-state index in [1.54, 1.807) is 6.08 Å². The van der Waals surface area contributed by atoms with Gasteiger partial charge in [0.05, 0.1) is 0 Å². The van der Waals surface area contributed by atoms with Crippen molar-refractivity contribution in [2.45, 2.75) is 26.2 Å². The quantitative estimate of drug-likeness (QED) is 0.496. The molecule has 0 aromatic rings. The van der Waals surface area contributed by atoms with Crippen molar-refractivity contribution in [1.82, 2.24) is 5.32 Å². The second kappa shape index (κ2) is 4.80. The lowest BCUT2D eigenvalue weighted by Crippen LogP contribution is -2.19. The highest BCUT2D eigenvalue weighted by atomic mass is 16.5. The molecule has 1 N–H and O–H groups in total. The first-order chi connectivity index (χ1) is 5.84. The van der Waals surface area contributed by atoms with Crippen LogP contribution in [0.1, 0.15) is 26.2 Å². The SMILES string of the molecule is CCCCCNC1=CCOC1=O. The Balaban J connectivity index is 2.10. The smallest absolute Gasteiger partial charge is 0.354 e. The van der Waals surface area contributed by atoms with Crippen molar-refractivity contribution in [2.24, 2.45) is 0 Å². The van der Waals surface area contributed by atoms with Gasteiger partial charge >= 0.3 is 5.97 Å². The maximum atomic E-state index is 10.9. The van der Waals surface area contributed by atoms with Crippen LogP contribution >= 0.6 is 0 Å². The van der Waals surface area contributed by atoms with Crippen LogP contribution in [0.3, 0.4) is 0 Å². The second-order valence-electron chi connectivity index (χ2n) is 2.85. The van der Waals surface area contributed by atoms with Crippen molar-refractivity contribution >= 4 is 5.97 Å². The minimum Gasteiger partial charge on any atom is -0.457 e. The average Bonchev–Trinajstić information content (AvgIpc) is 2.46. The number of carbonyl (C=O) groups is 1. The highest BCUT2D eigenvalue weighted by Crippen LogP contribution is 2.02. The Morgan fingerprint density at radius 1 is 1.58 bits per heavy atom. The van der Waals surface area contributed by atoms with Gasteiger partial charge in [-0.25, -0.2) is 4.79 Å². The molecule has 0 saturated carbocycles. The van der Waals surface area contributed by atoms with E-state index in [0.717, 1.165) is 13.0 Å². The van der Waals surface area contributed by atoms with E-state index in [1.165, 1.54) is 12.8 Å². The predicted molar refractivity (Wildman–Crippen MR) is 46.6 cm³/mol. The molecule has 0 aromatic heterocycles. The summed E-state index contributed by atoms with van der Waals surface area (Å²) in [5, 5.41) is 3.05. The summed E-state index contributed by atoms with van der Waals surface area (Å²) in [4.78, 5) is 10.9. The monoisotopic (exact) mass is 169 g/mol. The van der Waals surface area contributed by atoms with Crippen LogP contribution in [-0.2, 0) is 9.53 Å². The van der Waals surface area contributed by atoms with E-state index in [4.69, 9.17) is 4.74 Å². The van der Waals surface area contributed by atoms with Gasteiger partial charge in [0.25, 0.3) is 0 Å². The van der Waals surface area contributed by atoms with Gasteiger partial charge in [-0.05, 0) is 12.5 Å². The molecule has 3 nitrogen and oxygen atoms in total. The predicted octanol–water partition coefficient (Wildman–Crippen LogP) is 1.21. The summed E-state index contributed by atoms with van der Waals surface area (Å²) < 4.78 is 4.73. The minimum absolute atomic E-state index is 0.216. The molecule has 3 heteroatoms. The van der Waals surface area contributed by atoms with Crippen LogP contribution in [-0.4, -0.2) is 19.1 Å². The van der Waals surface area contributed by atoms with E-state index in [2.05, 4.69) is 12.2 Å². The Bertz CT molecular complexity index is 187. The van der Waals surface area contributed by atoms with E-state index in [1.807, 2.05) is 0 Å². The number of esters is 1. The molecule has 0 bridgehead atoms. The molecule has 1 aliphatic rings. The van der Waals surface area contributed by atoms with Crippen molar-refractivity contribution < 1.29 is 9.53 Å². The summed E-state index contributed by atoms with van der Waals surface area (Å²) >= 11 is 0. The summed E-state index contributed by atoms with van der Waals surface area (Å²) in [6.45, 7) is 3.45. The van der Waals surface area contributed by atoms with Crippen molar-refractivity contribution in [3.05, 3.63) is 11.8 Å². The Labute approximate surface area is 72.8 Å². The molecular formula is C9H15NO2. The third kappa shape index (κ3) is 2.57. The summed E-state index contributed by atoms with van der Waals surface area (Å²) in [5.74, 6) is -0.216. The maximum Gasteiger partial charge on any atom is 0.354 e. The maximum absolute atomic E-state index is 10.9. The van der Waals surface area contributed by atoms with Gasteiger partial charge in [-0.15, -0.1) is 0 Å². The van der Waals surface area contributed by atoms with Gasteiger partial charge in [-0.1, -0.05) is 19.8 Å². The van der Waals surface area contributed by atoms with E-state index >= 15 is 0 Å². The average molecular weight is 169 g/mol. The summed E-state index contributed by atoms with van der Waals surface area (Å²) in [7, 11) is 0. The molecule has 12 heavy (non-hydrogen) atoms. The zero-order valence-corrected chi connectivity index (χ0v) is 7.43. The number of nitrogens with one attached hydrogen (secondary N) is 1. The standard InChI is InChI=1S/C9H15NO2/c1-2-3-4-6-10-8-5-7-12-9(8)11/h5,10H,2-4,6-7H2,1H3.